The molecule has 2 heterocycles. The van der Waals surface area contributed by atoms with Crippen LogP contribution in [-0.4, -0.2) is 4.98 Å². The molecule has 0 amide bonds. The van der Waals surface area contributed by atoms with Gasteiger partial charge >= 0.3 is 0 Å². The largest absolute Gasteiger partial charge is 0.456 e. The summed E-state index contributed by atoms with van der Waals surface area (Å²) < 4.78 is 5.98. The first-order valence-electron chi connectivity index (χ1n) is 8.20. The summed E-state index contributed by atoms with van der Waals surface area (Å²) in [6.07, 6.45) is 0. The van der Waals surface area contributed by atoms with Gasteiger partial charge in [0, 0.05) is 32.3 Å². The maximum atomic E-state index is 13.3. The standard InChI is InChI=1S/C22H11NO2/c24-22-14-7-4-10-18-20(14)19-13(6-3-9-17(19)25-18)21-15(22)11-12-5-1-2-8-16(12)23-21/h1-11H. The zero-order chi connectivity index (χ0) is 16.5. The van der Waals surface area contributed by atoms with Crippen LogP contribution in [0.2, 0.25) is 0 Å². The molecule has 3 nitrogen and oxygen atoms in total. The maximum Gasteiger partial charge on any atom is 0.196 e. The first kappa shape index (κ1) is 12.9. The molecule has 0 aliphatic rings. The summed E-state index contributed by atoms with van der Waals surface area (Å²) in [4.78, 5) is 18.2. The van der Waals surface area contributed by atoms with E-state index in [4.69, 9.17) is 9.40 Å². The van der Waals surface area contributed by atoms with E-state index in [-0.39, 0.29) is 5.43 Å². The van der Waals surface area contributed by atoms with Crippen LogP contribution in [0, 0.1) is 0 Å². The van der Waals surface area contributed by atoms with Crippen LogP contribution in [0.25, 0.3) is 54.5 Å². The van der Waals surface area contributed by atoms with Gasteiger partial charge < -0.3 is 4.42 Å². The molecule has 0 radical (unpaired) electrons. The Bertz CT molecular complexity index is 1510. The first-order valence-corrected chi connectivity index (χ1v) is 8.20. The average Bonchev–Trinajstić information content (AvgIpc) is 3.00. The molecule has 0 N–H and O–H groups in total. The summed E-state index contributed by atoms with van der Waals surface area (Å²) in [5, 5.41) is 5.12. The Morgan fingerprint density at radius 1 is 0.720 bits per heavy atom. The van der Waals surface area contributed by atoms with E-state index in [1.165, 1.54) is 0 Å². The van der Waals surface area contributed by atoms with E-state index in [1.807, 2.05) is 66.7 Å². The van der Waals surface area contributed by atoms with Crippen molar-refractivity contribution in [2.24, 2.45) is 0 Å². The second kappa shape index (κ2) is 4.33. The molecule has 0 bridgehead atoms. The lowest BCUT2D eigenvalue weighted by atomic mass is 10.1. The number of rotatable bonds is 0. The van der Waals surface area contributed by atoms with Crippen LogP contribution in [0.4, 0.5) is 0 Å². The van der Waals surface area contributed by atoms with Crippen LogP contribution < -0.4 is 5.43 Å². The fraction of sp³-hybridized carbons (Fsp3) is 0. The Kier molecular flexibility index (Phi) is 2.24. The molecule has 0 unspecified atom stereocenters. The number of nitrogens with zero attached hydrogens (tertiary/aromatic N) is 1. The third-order valence-corrected chi connectivity index (χ3v) is 4.99. The van der Waals surface area contributed by atoms with E-state index >= 15 is 0 Å². The zero-order valence-corrected chi connectivity index (χ0v) is 13.1. The van der Waals surface area contributed by atoms with Crippen molar-refractivity contribution < 1.29 is 4.42 Å². The molecule has 6 rings (SSSR count). The van der Waals surface area contributed by atoms with Crippen LogP contribution in [0.5, 0.6) is 0 Å². The molecule has 3 heteroatoms. The molecule has 4 aromatic carbocycles. The second-order valence-corrected chi connectivity index (χ2v) is 6.37. The van der Waals surface area contributed by atoms with Crippen LogP contribution in [0.1, 0.15) is 0 Å². The number of fused-ring (bicyclic) bond motifs is 3. The lowest BCUT2D eigenvalue weighted by molar-refractivity contribution is 0.669. The second-order valence-electron chi connectivity index (χ2n) is 6.37. The number of para-hydroxylation sites is 1. The summed E-state index contributed by atoms with van der Waals surface area (Å²) in [7, 11) is 0. The highest BCUT2D eigenvalue weighted by Crippen LogP contribution is 2.37. The Hall–Kier alpha value is -3.46. The molecule has 0 fully saturated rings. The third kappa shape index (κ3) is 1.55. The quantitative estimate of drug-likeness (QED) is 0.384. The number of pyridine rings is 1. The highest BCUT2D eigenvalue weighted by Gasteiger charge is 2.17. The summed E-state index contributed by atoms with van der Waals surface area (Å²) in [5.41, 5.74) is 3.14. The van der Waals surface area contributed by atoms with Crippen molar-refractivity contribution in [1.29, 1.82) is 0 Å². The summed E-state index contributed by atoms with van der Waals surface area (Å²) in [6, 6.07) is 21.4. The van der Waals surface area contributed by atoms with Gasteiger partial charge in [-0.1, -0.05) is 42.5 Å². The van der Waals surface area contributed by atoms with E-state index in [0.717, 1.165) is 43.7 Å². The highest BCUT2D eigenvalue weighted by atomic mass is 16.3. The molecule has 0 atom stereocenters. The van der Waals surface area contributed by atoms with Gasteiger partial charge in [-0.05, 0) is 24.3 Å². The van der Waals surface area contributed by atoms with Crippen molar-refractivity contribution in [3.05, 3.63) is 77.0 Å². The minimum atomic E-state index is -0.00208. The van der Waals surface area contributed by atoms with E-state index in [1.54, 1.807) is 0 Å². The van der Waals surface area contributed by atoms with Crippen LogP contribution in [-0.2, 0) is 0 Å². The van der Waals surface area contributed by atoms with E-state index in [2.05, 4.69) is 0 Å². The van der Waals surface area contributed by atoms with Gasteiger partial charge in [0.2, 0.25) is 0 Å². The molecule has 0 aliphatic carbocycles. The van der Waals surface area contributed by atoms with Crippen molar-refractivity contribution in [3.63, 3.8) is 0 Å². The van der Waals surface area contributed by atoms with Crippen molar-refractivity contribution in [3.8, 4) is 0 Å². The van der Waals surface area contributed by atoms with Crippen molar-refractivity contribution in [1.82, 2.24) is 4.98 Å². The SMILES string of the molecule is O=c1c2cc3ccccc3nc2c2cccc3oc4cccc1c4c32. The minimum Gasteiger partial charge on any atom is -0.456 e. The van der Waals surface area contributed by atoms with Gasteiger partial charge in [0.25, 0.3) is 0 Å². The van der Waals surface area contributed by atoms with E-state index in [0.29, 0.717) is 10.8 Å². The number of hydrogen-bond donors (Lipinski definition) is 0. The molecule has 25 heavy (non-hydrogen) atoms. The molecule has 116 valence electrons. The Morgan fingerprint density at radius 2 is 1.44 bits per heavy atom. The average molecular weight is 321 g/mol. The Balaban J connectivity index is 2.10. The monoisotopic (exact) mass is 321 g/mol. The molecular weight excluding hydrogens is 310 g/mol. The van der Waals surface area contributed by atoms with E-state index < -0.39 is 0 Å². The molecule has 6 aromatic rings. The van der Waals surface area contributed by atoms with Gasteiger partial charge in [0.1, 0.15) is 11.2 Å². The van der Waals surface area contributed by atoms with Crippen molar-refractivity contribution in [2.75, 3.05) is 0 Å². The van der Waals surface area contributed by atoms with E-state index in [9.17, 15) is 4.79 Å². The lowest BCUT2D eigenvalue weighted by Crippen LogP contribution is -1.99. The van der Waals surface area contributed by atoms with Gasteiger partial charge in [-0.2, -0.15) is 0 Å². The molecule has 0 spiro atoms. The molecule has 0 saturated carbocycles. The molecular formula is C22H11NO2. The predicted octanol–water partition coefficient (Wildman–Crippen LogP) is 5.24. The van der Waals surface area contributed by atoms with Crippen molar-refractivity contribution >= 4 is 54.5 Å². The topological polar surface area (TPSA) is 43.1 Å². The van der Waals surface area contributed by atoms with Gasteiger partial charge in [-0.25, -0.2) is 4.98 Å². The number of benzene rings is 3. The maximum absolute atomic E-state index is 13.3. The Morgan fingerprint density at radius 3 is 2.28 bits per heavy atom. The van der Waals surface area contributed by atoms with Crippen molar-refractivity contribution in [2.45, 2.75) is 0 Å². The fourth-order valence-electron chi connectivity index (χ4n) is 3.89. The van der Waals surface area contributed by atoms with Gasteiger partial charge in [0.05, 0.1) is 11.0 Å². The first-order chi connectivity index (χ1) is 12.3. The molecule has 0 aliphatic heterocycles. The predicted molar refractivity (Wildman–Crippen MR) is 101 cm³/mol. The van der Waals surface area contributed by atoms with Crippen LogP contribution in [0.3, 0.4) is 0 Å². The number of aromatic nitrogens is 1. The lowest BCUT2D eigenvalue weighted by Gasteiger charge is -2.00. The smallest absolute Gasteiger partial charge is 0.196 e. The summed E-state index contributed by atoms with van der Waals surface area (Å²) in [5.74, 6) is 0. The molecule has 0 saturated heterocycles. The third-order valence-electron chi connectivity index (χ3n) is 4.99. The number of hydrogen-bond acceptors (Lipinski definition) is 3. The zero-order valence-electron chi connectivity index (χ0n) is 13.1. The van der Waals surface area contributed by atoms with Gasteiger partial charge in [0.15, 0.2) is 5.43 Å². The van der Waals surface area contributed by atoms with Crippen LogP contribution >= 0.6 is 0 Å². The molecule has 2 aromatic heterocycles. The summed E-state index contributed by atoms with van der Waals surface area (Å²) >= 11 is 0. The Labute approximate surface area is 141 Å². The van der Waals surface area contributed by atoms with Gasteiger partial charge in [-0.3, -0.25) is 4.79 Å². The van der Waals surface area contributed by atoms with Crippen LogP contribution in [0.15, 0.2) is 75.9 Å². The normalized spacial score (nSPS) is 12.2. The fourth-order valence-corrected chi connectivity index (χ4v) is 3.89. The van der Waals surface area contributed by atoms with Gasteiger partial charge in [-0.15, -0.1) is 0 Å². The number of furan rings is 1. The highest BCUT2D eigenvalue weighted by molar-refractivity contribution is 6.26. The minimum absolute atomic E-state index is 0.00208. The summed E-state index contributed by atoms with van der Waals surface area (Å²) in [6.45, 7) is 0.